The molecule has 1 aromatic rings. The molecule has 0 radical (unpaired) electrons. The predicted octanol–water partition coefficient (Wildman–Crippen LogP) is -0.436. The van der Waals surface area contributed by atoms with E-state index >= 15 is 0 Å². The van der Waals surface area contributed by atoms with Gasteiger partial charge in [0.1, 0.15) is 0 Å². The first-order valence-corrected chi connectivity index (χ1v) is 3.82. The van der Waals surface area contributed by atoms with Crippen molar-refractivity contribution in [1.29, 1.82) is 0 Å². The molecule has 0 aliphatic rings. The van der Waals surface area contributed by atoms with Crippen LogP contribution in [-0.4, -0.2) is 21.6 Å². The number of nitrogens with zero attached hydrogens (tertiary/aromatic N) is 2. The van der Waals surface area contributed by atoms with E-state index in [1.165, 1.54) is 12.3 Å². The zero-order valence-electron chi connectivity index (χ0n) is 7.25. The molecular formula is C7H10N4O3. The first kappa shape index (κ1) is 10.4. The average molecular weight is 198 g/mol. The third kappa shape index (κ3) is 1.95. The molecule has 1 heterocycles. The van der Waals surface area contributed by atoms with Gasteiger partial charge in [0.05, 0.1) is 17.6 Å². The molecule has 0 spiro atoms. The van der Waals surface area contributed by atoms with Crippen molar-refractivity contribution in [3.8, 4) is 0 Å². The summed E-state index contributed by atoms with van der Waals surface area (Å²) in [6.45, 7) is -0.303. The highest BCUT2D eigenvalue weighted by molar-refractivity contribution is 5.53. The van der Waals surface area contributed by atoms with Crippen LogP contribution in [0.5, 0.6) is 0 Å². The van der Waals surface area contributed by atoms with Gasteiger partial charge >= 0.3 is 5.69 Å². The summed E-state index contributed by atoms with van der Waals surface area (Å²) in [7, 11) is 0. The molecule has 14 heavy (non-hydrogen) atoms. The van der Waals surface area contributed by atoms with Gasteiger partial charge in [0.15, 0.2) is 0 Å². The summed E-state index contributed by atoms with van der Waals surface area (Å²) < 4.78 is 0. The van der Waals surface area contributed by atoms with Gasteiger partial charge < -0.3 is 16.6 Å². The molecule has 0 aliphatic carbocycles. The van der Waals surface area contributed by atoms with E-state index in [2.05, 4.69) is 4.98 Å². The summed E-state index contributed by atoms with van der Waals surface area (Å²) in [5.74, 6) is -0.163. The van der Waals surface area contributed by atoms with E-state index in [1.807, 2.05) is 0 Å². The lowest BCUT2D eigenvalue weighted by Gasteiger charge is -2.07. The molecule has 5 N–H and O–H groups in total. The Morgan fingerprint density at radius 2 is 2.36 bits per heavy atom. The number of nitrogen functional groups attached to an aromatic ring is 1. The molecular weight excluding hydrogens is 188 g/mol. The highest BCUT2D eigenvalue weighted by Crippen LogP contribution is 2.21. The summed E-state index contributed by atoms with van der Waals surface area (Å²) >= 11 is 0. The predicted molar refractivity (Wildman–Crippen MR) is 49.3 cm³/mol. The second-order valence-electron chi connectivity index (χ2n) is 2.72. The Morgan fingerprint density at radius 3 is 2.86 bits per heavy atom. The summed E-state index contributed by atoms with van der Waals surface area (Å²) in [5.41, 5.74) is 10.8. The van der Waals surface area contributed by atoms with Gasteiger partial charge in [-0.1, -0.05) is 0 Å². The van der Waals surface area contributed by atoms with Crippen LogP contribution in [0.3, 0.4) is 0 Å². The Morgan fingerprint density at radius 1 is 1.71 bits per heavy atom. The van der Waals surface area contributed by atoms with Crippen molar-refractivity contribution in [2.24, 2.45) is 5.73 Å². The van der Waals surface area contributed by atoms with Crippen LogP contribution in [0.4, 0.5) is 11.5 Å². The minimum absolute atomic E-state index is 0.163. The number of nitrogens with two attached hydrogens (primary N) is 2. The van der Waals surface area contributed by atoms with Gasteiger partial charge in [0.25, 0.3) is 0 Å². The third-order valence-corrected chi connectivity index (χ3v) is 1.74. The number of aliphatic hydroxyl groups excluding tert-OH is 1. The SMILES string of the molecule is Nc1ncc(C(N)CO)cc1[N+](=O)[O-]. The van der Waals surface area contributed by atoms with Crippen LogP contribution < -0.4 is 11.5 Å². The first-order valence-electron chi connectivity index (χ1n) is 3.82. The van der Waals surface area contributed by atoms with Crippen LogP contribution in [0.1, 0.15) is 11.6 Å². The van der Waals surface area contributed by atoms with Crippen molar-refractivity contribution in [1.82, 2.24) is 4.98 Å². The fourth-order valence-electron chi connectivity index (χ4n) is 0.934. The topological polar surface area (TPSA) is 128 Å². The van der Waals surface area contributed by atoms with Crippen molar-refractivity contribution in [3.05, 3.63) is 27.9 Å². The van der Waals surface area contributed by atoms with Gasteiger partial charge in [-0.15, -0.1) is 0 Å². The zero-order valence-corrected chi connectivity index (χ0v) is 7.25. The quantitative estimate of drug-likeness (QED) is 0.446. The molecule has 0 aliphatic heterocycles. The van der Waals surface area contributed by atoms with Crippen LogP contribution in [-0.2, 0) is 0 Å². The number of rotatable bonds is 3. The summed E-state index contributed by atoms with van der Waals surface area (Å²) in [5, 5.41) is 19.2. The van der Waals surface area contributed by atoms with E-state index in [0.717, 1.165) is 0 Å². The normalized spacial score (nSPS) is 12.4. The van der Waals surface area contributed by atoms with Gasteiger partial charge in [0, 0.05) is 12.3 Å². The van der Waals surface area contributed by atoms with Crippen LogP contribution >= 0.6 is 0 Å². The minimum Gasteiger partial charge on any atom is -0.394 e. The van der Waals surface area contributed by atoms with Crippen molar-refractivity contribution in [3.63, 3.8) is 0 Å². The molecule has 7 heteroatoms. The summed E-state index contributed by atoms with van der Waals surface area (Å²) in [4.78, 5) is 13.4. The van der Waals surface area contributed by atoms with Crippen molar-refractivity contribution < 1.29 is 10.0 Å². The smallest absolute Gasteiger partial charge is 0.311 e. The molecule has 0 saturated carbocycles. The Bertz CT molecular complexity index is 355. The highest BCUT2D eigenvalue weighted by atomic mass is 16.6. The lowest BCUT2D eigenvalue weighted by atomic mass is 10.1. The Hall–Kier alpha value is -1.73. The minimum atomic E-state index is -0.679. The van der Waals surface area contributed by atoms with Gasteiger partial charge in [0.2, 0.25) is 5.82 Å². The monoisotopic (exact) mass is 198 g/mol. The molecule has 0 bridgehead atoms. The lowest BCUT2D eigenvalue weighted by Crippen LogP contribution is -2.15. The Kier molecular flexibility index (Phi) is 2.95. The number of hydrogen-bond donors (Lipinski definition) is 3. The molecule has 1 atom stereocenters. The van der Waals surface area contributed by atoms with Gasteiger partial charge in [-0.05, 0) is 5.56 Å². The first-order chi connectivity index (χ1) is 6.56. The largest absolute Gasteiger partial charge is 0.394 e. The van der Waals surface area contributed by atoms with Gasteiger partial charge in [-0.3, -0.25) is 10.1 Å². The number of aliphatic hydroxyl groups is 1. The number of hydrogen-bond acceptors (Lipinski definition) is 6. The number of nitro groups is 1. The second kappa shape index (κ2) is 3.99. The third-order valence-electron chi connectivity index (χ3n) is 1.74. The lowest BCUT2D eigenvalue weighted by molar-refractivity contribution is -0.384. The number of anilines is 1. The fraction of sp³-hybridized carbons (Fsp3) is 0.286. The standard InChI is InChI=1S/C7H10N4O3/c8-5(3-12)4-1-6(11(13)14)7(9)10-2-4/h1-2,5,12H,3,8H2,(H2,9,10). The van der Waals surface area contributed by atoms with Crippen molar-refractivity contribution in [2.75, 3.05) is 12.3 Å². The molecule has 7 nitrogen and oxygen atoms in total. The van der Waals surface area contributed by atoms with E-state index in [0.29, 0.717) is 5.56 Å². The highest BCUT2D eigenvalue weighted by Gasteiger charge is 2.15. The molecule has 0 fully saturated rings. The second-order valence-corrected chi connectivity index (χ2v) is 2.72. The van der Waals surface area contributed by atoms with E-state index in [-0.39, 0.29) is 18.1 Å². The van der Waals surface area contributed by atoms with Gasteiger partial charge in [-0.25, -0.2) is 4.98 Å². The Labute approximate surface area is 79.5 Å². The number of pyridine rings is 1. The van der Waals surface area contributed by atoms with Gasteiger partial charge in [-0.2, -0.15) is 0 Å². The molecule has 0 saturated heterocycles. The summed E-state index contributed by atoms with van der Waals surface area (Å²) in [6, 6.07) is 0.533. The van der Waals surface area contributed by atoms with E-state index in [9.17, 15) is 10.1 Å². The maximum absolute atomic E-state index is 10.5. The van der Waals surface area contributed by atoms with Crippen molar-refractivity contribution in [2.45, 2.75) is 6.04 Å². The molecule has 0 aromatic carbocycles. The molecule has 1 unspecified atom stereocenters. The van der Waals surface area contributed by atoms with Crippen LogP contribution in [0.25, 0.3) is 0 Å². The van der Waals surface area contributed by atoms with E-state index in [1.54, 1.807) is 0 Å². The molecule has 76 valence electrons. The molecule has 1 aromatic heterocycles. The summed E-state index contributed by atoms with van der Waals surface area (Å²) in [6.07, 6.45) is 1.31. The fourth-order valence-corrected chi connectivity index (χ4v) is 0.934. The average Bonchev–Trinajstić information content (AvgIpc) is 2.17. The Balaban J connectivity index is 3.12. The van der Waals surface area contributed by atoms with Crippen LogP contribution in [0.15, 0.2) is 12.3 Å². The molecule has 0 amide bonds. The van der Waals surface area contributed by atoms with Crippen molar-refractivity contribution >= 4 is 11.5 Å². The maximum atomic E-state index is 10.5. The zero-order chi connectivity index (χ0) is 10.7. The van der Waals surface area contributed by atoms with Crippen LogP contribution in [0, 0.1) is 10.1 Å². The van der Waals surface area contributed by atoms with E-state index < -0.39 is 11.0 Å². The van der Waals surface area contributed by atoms with E-state index in [4.69, 9.17) is 16.6 Å². The maximum Gasteiger partial charge on any atom is 0.311 e. The van der Waals surface area contributed by atoms with Crippen LogP contribution in [0.2, 0.25) is 0 Å². The number of aromatic nitrogens is 1. The molecule has 1 rings (SSSR count).